The van der Waals surface area contributed by atoms with Crippen molar-refractivity contribution in [2.24, 2.45) is 0 Å². The summed E-state index contributed by atoms with van der Waals surface area (Å²) in [6.45, 7) is 2.58. The Balaban J connectivity index is 1.88. The summed E-state index contributed by atoms with van der Waals surface area (Å²) in [6.07, 6.45) is 2.92. The van der Waals surface area contributed by atoms with Crippen molar-refractivity contribution >= 4 is 6.01 Å². The molecule has 0 aliphatic heterocycles. The van der Waals surface area contributed by atoms with Crippen LogP contribution in [0.5, 0.6) is 0 Å². The van der Waals surface area contributed by atoms with Gasteiger partial charge in [0.1, 0.15) is 5.82 Å². The topological polar surface area (TPSA) is 51.0 Å². The van der Waals surface area contributed by atoms with E-state index in [0.717, 1.165) is 24.8 Å². The Labute approximate surface area is 105 Å². The van der Waals surface area contributed by atoms with E-state index in [9.17, 15) is 4.39 Å². The maximum Gasteiger partial charge on any atom is 0.315 e. The molecule has 5 heteroatoms. The number of anilines is 1. The molecule has 4 nitrogen and oxygen atoms in total. The van der Waals surface area contributed by atoms with Crippen molar-refractivity contribution in [3.05, 3.63) is 41.5 Å². The van der Waals surface area contributed by atoms with Crippen LogP contribution in [0, 0.1) is 5.82 Å². The molecule has 0 fully saturated rings. The lowest BCUT2D eigenvalue weighted by molar-refractivity contribution is 0.495. The third-order valence-electron chi connectivity index (χ3n) is 2.54. The number of nitrogens with zero attached hydrogens (tertiary/aromatic N) is 2. The zero-order valence-electron chi connectivity index (χ0n) is 10.3. The van der Waals surface area contributed by atoms with Crippen molar-refractivity contribution in [3.8, 4) is 0 Å². The second kappa shape index (κ2) is 6.14. The van der Waals surface area contributed by atoms with E-state index in [4.69, 9.17) is 4.42 Å². The maximum atomic E-state index is 13.0. The van der Waals surface area contributed by atoms with Gasteiger partial charge >= 0.3 is 6.01 Å². The lowest BCUT2D eigenvalue weighted by Gasteiger charge is -2.01. The molecule has 0 spiro atoms. The number of aryl methyl sites for hydroxylation is 1. The molecule has 0 saturated heterocycles. The molecular formula is C13H16FN3O. The van der Waals surface area contributed by atoms with Crippen LogP contribution in [0.25, 0.3) is 0 Å². The highest BCUT2D eigenvalue weighted by Crippen LogP contribution is 2.10. The van der Waals surface area contributed by atoms with E-state index >= 15 is 0 Å². The van der Waals surface area contributed by atoms with Crippen LogP contribution in [0.15, 0.2) is 28.7 Å². The molecule has 0 atom stereocenters. The number of hydrogen-bond donors (Lipinski definition) is 1. The summed E-state index contributed by atoms with van der Waals surface area (Å²) in [6, 6.07) is 6.78. The summed E-state index contributed by atoms with van der Waals surface area (Å²) >= 11 is 0. The zero-order valence-corrected chi connectivity index (χ0v) is 10.3. The average molecular weight is 249 g/mol. The molecule has 1 aromatic heterocycles. The van der Waals surface area contributed by atoms with Gasteiger partial charge in [0.15, 0.2) is 0 Å². The number of benzene rings is 1. The predicted molar refractivity (Wildman–Crippen MR) is 66.6 cm³/mol. The molecule has 1 N–H and O–H groups in total. The second-order valence-corrected chi connectivity index (χ2v) is 4.09. The van der Waals surface area contributed by atoms with E-state index in [1.807, 2.05) is 6.07 Å². The fourth-order valence-electron chi connectivity index (χ4n) is 1.58. The smallest absolute Gasteiger partial charge is 0.315 e. The first kappa shape index (κ1) is 12.5. The van der Waals surface area contributed by atoms with Gasteiger partial charge in [-0.15, -0.1) is 5.10 Å². The lowest BCUT2D eigenvalue weighted by Crippen LogP contribution is -1.99. The quantitative estimate of drug-likeness (QED) is 0.854. The molecule has 96 valence electrons. The van der Waals surface area contributed by atoms with Gasteiger partial charge in [0.05, 0.1) is 0 Å². The molecule has 0 bridgehead atoms. The number of halogens is 1. The molecule has 1 aromatic carbocycles. The van der Waals surface area contributed by atoms with Crippen molar-refractivity contribution in [1.82, 2.24) is 10.2 Å². The number of aromatic nitrogens is 2. The highest BCUT2D eigenvalue weighted by atomic mass is 19.1. The predicted octanol–water partition coefficient (Wildman–Crippen LogP) is 3.16. The summed E-state index contributed by atoms with van der Waals surface area (Å²) in [7, 11) is 0. The van der Waals surface area contributed by atoms with E-state index in [1.165, 1.54) is 12.1 Å². The molecular weight excluding hydrogens is 233 g/mol. The molecule has 0 unspecified atom stereocenters. The molecule has 0 radical (unpaired) electrons. The second-order valence-electron chi connectivity index (χ2n) is 4.09. The van der Waals surface area contributed by atoms with E-state index in [2.05, 4.69) is 22.4 Å². The van der Waals surface area contributed by atoms with Crippen LogP contribution in [0.4, 0.5) is 10.4 Å². The standard InChI is InChI=1S/C13H16FN3O/c1-2-3-7-12-16-17-13(18-12)15-9-10-5-4-6-11(14)8-10/h4-6,8H,2-3,7,9H2,1H3,(H,15,17). The highest BCUT2D eigenvalue weighted by Gasteiger charge is 2.05. The van der Waals surface area contributed by atoms with Crippen LogP contribution < -0.4 is 5.32 Å². The van der Waals surface area contributed by atoms with Crippen LogP contribution in [-0.4, -0.2) is 10.2 Å². The van der Waals surface area contributed by atoms with Crippen molar-refractivity contribution in [2.45, 2.75) is 32.7 Å². The van der Waals surface area contributed by atoms with E-state index in [0.29, 0.717) is 18.5 Å². The first-order valence-corrected chi connectivity index (χ1v) is 6.08. The Kier molecular flexibility index (Phi) is 4.28. The third-order valence-corrected chi connectivity index (χ3v) is 2.54. The van der Waals surface area contributed by atoms with Gasteiger partial charge in [-0.25, -0.2) is 4.39 Å². The normalized spacial score (nSPS) is 10.6. The zero-order chi connectivity index (χ0) is 12.8. The van der Waals surface area contributed by atoms with Gasteiger partial charge in [-0.2, -0.15) is 0 Å². The molecule has 0 aliphatic rings. The van der Waals surface area contributed by atoms with Crippen LogP contribution in [-0.2, 0) is 13.0 Å². The van der Waals surface area contributed by atoms with Crippen LogP contribution in [0.3, 0.4) is 0 Å². The van der Waals surface area contributed by atoms with Gasteiger partial charge in [-0.3, -0.25) is 0 Å². The number of hydrogen-bond acceptors (Lipinski definition) is 4. The van der Waals surface area contributed by atoms with Gasteiger partial charge in [-0.1, -0.05) is 30.6 Å². The van der Waals surface area contributed by atoms with Gasteiger partial charge in [-0.05, 0) is 24.1 Å². The van der Waals surface area contributed by atoms with Crippen LogP contribution in [0.2, 0.25) is 0 Å². The Morgan fingerprint density at radius 2 is 2.22 bits per heavy atom. The minimum absolute atomic E-state index is 0.247. The molecule has 18 heavy (non-hydrogen) atoms. The van der Waals surface area contributed by atoms with Gasteiger partial charge < -0.3 is 9.73 Å². The average Bonchev–Trinajstić information content (AvgIpc) is 2.82. The fourth-order valence-corrected chi connectivity index (χ4v) is 1.58. The van der Waals surface area contributed by atoms with Gasteiger partial charge in [0, 0.05) is 13.0 Å². The maximum absolute atomic E-state index is 13.0. The highest BCUT2D eigenvalue weighted by molar-refractivity contribution is 5.24. The number of unbranched alkanes of at least 4 members (excludes halogenated alkanes) is 1. The van der Waals surface area contributed by atoms with Crippen molar-refractivity contribution in [3.63, 3.8) is 0 Å². The van der Waals surface area contributed by atoms with Crippen LogP contribution in [0.1, 0.15) is 31.2 Å². The minimum Gasteiger partial charge on any atom is -0.408 e. The SMILES string of the molecule is CCCCc1nnc(NCc2cccc(F)c2)o1. The third kappa shape index (κ3) is 3.55. The summed E-state index contributed by atoms with van der Waals surface area (Å²) in [5, 5.41) is 10.8. The first-order chi connectivity index (χ1) is 8.78. The number of nitrogens with one attached hydrogen (secondary N) is 1. The molecule has 0 aliphatic carbocycles. The van der Waals surface area contributed by atoms with Gasteiger partial charge in [0.2, 0.25) is 5.89 Å². The van der Waals surface area contributed by atoms with E-state index < -0.39 is 0 Å². The number of rotatable bonds is 6. The molecule has 0 saturated carbocycles. The minimum atomic E-state index is -0.247. The lowest BCUT2D eigenvalue weighted by atomic mass is 10.2. The fraction of sp³-hybridized carbons (Fsp3) is 0.385. The molecule has 2 rings (SSSR count). The van der Waals surface area contributed by atoms with Crippen LogP contribution >= 0.6 is 0 Å². The Hall–Kier alpha value is -1.91. The molecule has 1 heterocycles. The summed E-state index contributed by atoms with van der Waals surface area (Å²) in [5.41, 5.74) is 0.836. The Morgan fingerprint density at radius 3 is 3.00 bits per heavy atom. The monoisotopic (exact) mass is 249 g/mol. The van der Waals surface area contributed by atoms with E-state index in [-0.39, 0.29) is 5.82 Å². The van der Waals surface area contributed by atoms with Crippen molar-refractivity contribution in [2.75, 3.05) is 5.32 Å². The van der Waals surface area contributed by atoms with Crippen molar-refractivity contribution < 1.29 is 8.81 Å². The molecule has 2 aromatic rings. The summed E-state index contributed by atoms with van der Waals surface area (Å²) in [5.74, 6) is 0.391. The van der Waals surface area contributed by atoms with E-state index in [1.54, 1.807) is 6.07 Å². The van der Waals surface area contributed by atoms with Gasteiger partial charge in [0.25, 0.3) is 0 Å². The molecule has 0 amide bonds. The first-order valence-electron chi connectivity index (χ1n) is 6.08. The Bertz CT molecular complexity index is 498. The Morgan fingerprint density at radius 1 is 1.33 bits per heavy atom. The largest absolute Gasteiger partial charge is 0.408 e. The summed E-state index contributed by atoms with van der Waals surface area (Å²) in [4.78, 5) is 0. The summed E-state index contributed by atoms with van der Waals surface area (Å²) < 4.78 is 18.4. The van der Waals surface area contributed by atoms with Crippen molar-refractivity contribution in [1.29, 1.82) is 0 Å².